The highest BCUT2D eigenvalue weighted by atomic mass is 35.5. The Morgan fingerprint density at radius 3 is 2.00 bits per heavy atom. The lowest BCUT2D eigenvalue weighted by atomic mass is 9.91. The number of rotatable bonds is 5. The molecular weight excluding hydrogens is 376 g/mol. The first-order chi connectivity index (χ1) is 12.8. The van der Waals surface area contributed by atoms with E-state index in [1.54, 1.807) is 18.2 Å². The van der Waals surface area contributed by atoms with Gasteiger partial charge in [0.2, 0.25) is 0 Å². The van der Waals surface area contributed by atoms with Crippen molar-refractivity contribution >= 4 is 23.5 Å². The fourth-order valence-corrected chi connectivity index (χ4v) is 2.99. The summed E-state index contributed by atoms with van der Waals surface area (Å²) in [5.41, 5.74) is 0.363. The molecule has 0 spiro atoms. The zero-order chi connectivity index (χ0) is 20.3. The number of methoxy groups -OCH3 is 4. The maximum Gasteiger partial charge on any atom is 0.342 e. The topological polar surface area (TPSA) is 91.3 Å². The molecule has 0 aliphatic rings. The first-order valence-electron chi connectivity index (χ1n) is 7.76. The van der Waals surface area contributed by atoms with Crippen molar-refractivity contribution in [3.63, 3.8) is 0 Å². The van der Waals surface area contributed by atoms with Crippen molar-refractivity contribution in [3.05, 3.63) is 39.9 Å². The third kappa shape index (κ3) is 3.50. The monoisotopic (exact) mass is 394 g/mol. The Morgan fingerprint density at radius 1 is 0.926 bits per heavy atom. The molecule has 0 aromatic heterocycles. The molecule has 0 radical (unpaired) electrons. The number of esters is 2. The molecule has 2 rings (SSSR count). The van der Waals surface area contributed by atoms with E-state index in [2.05, 4.69) is 0 Å². The van der Waals surface area contributed by atoms with Gasteiger partial charge in [-0.2, -0.15) is 0 Å². The van der Waals surface area contributed by atoms with Crippen LogP contribution >= 0.6 is 11.6 Å². The predicted molar refractivity (Wildman–Crippen MR) is 99.1 cm³/mol. The van der Waals surface area contributed by atoms with Crippen molar-refractivity contribution in [3.8, 4) is 28.4 Å². The van der Waals surface area contributed by atoms with Crippen LogP contribution < -0.4 is 9.47 Å². The van der Waals surface area contributed by atoms with Gasteiger partial charge in [0.05, 0.1) is 39.0 Å². The second-order valence-corrected chi connectivity index (χ2v) is 5.84. The Kier molecular flexibility index (Phi) is 6.17. The van der Waals surface area contributed by atoms with Gasteiger partial charge in [0.1, 0.15) is 11.3 Å². The molecule has 144 valence electrons. The first-order valence-corrected chi connectivity index (χ1v) is 8.14. The number of carbonyl (C=O) groups is 2. The van der Waals surface area contributed by atoms with E-state index in [0.717, 1.165) is 14.2 Å². The summed E-state index contributed by atoms with van der Waals surface area (Å²) in [4.78, 5) is 24.8. The van der Waals surface area contributed by atoms with Gasteiger partial charge in [0.25, 0.3) is 0 Å². The summed E-state index contributed by atoms with van der Waals surface area (Å²) in [5.74, 6) is -1.32. The van der Waals surface area contributed by atoms with Gasteiger partial charge in [0, 0.05) is 11.1 Å². The van der Waals surface area contributed by atoms with E-state index in [4.69, 9.17) is 30.5 Å². The van der Waals surface area contributed by atoms with Crippen molar-refractivity contribution in [1.82, 2.24) is 0 Å². The Bertz CT molecular complexity index is 906. The molecule has 0 fully saturated rings. The van der Waals surface area contributed by atoms with Gasteiger partial charge in [-0.3, -0.25) is 0 Å². The third-order valence-corrected chi connectivity index (χ3v) is 4.56. The molecule has 0 bridgehead atoms. The normalized spacial score (nSPS) is 10.3. The van der Waals surface area contributed by atoms with Gasteiger partial charge in [-0.15, -0.1) is 0 Å². The summed E-state index contributed by atoms with van der Waals surface area (Å²) in [5, 5.41) is 10.5. The highest BCUT2D eigenvalue weighted by Gasteiger charge is 2.31. The average Bonchev–Trinajstić information content (AvgIpc) is 2.70. The lowest BCUT2D eigenvalue weighted by molar-refractivity contribution is 0.0552. The standard InChI is InChI=1S/C19H19ClO7/c1-9-16(20)13(10-6-7-11(24-2)12(8-10)25-3)14(18(22)26-4)15(17(9)21)19(23)27-5/h6-8,21H,1-5H3. The van der Waals surface area contributed by atoms with Crippen LogP contribution in [0, 0.1) is 6.92 Å². The van der Waals surface area contributed by atoms with Crippen LogP contribution in [0.15, 0.2) is 18.2 Å². The molecule has 1 N–H and O–H groups in total. The predicted octanol–water partition coefficient (Wildman–Crippen LogP) is 3.61. The van der Waals surface area contributed by atoms with Gasteiger partial charge in [-0.25, -0.2) is 9.59 Å². The zero-order valence-corrected chi connectivity index (χ0v) is 16.3. The molecule has 2 aromatic rings. The minimum atomic E-state index is -0.894. The summed E-state index contributed by atoms with van der Waals surface area (Å²) in [6, 6.07) is 4.88. The molecule has 8 heteroatoms. The summed E-state index contributed by atoms with van der Waals surface area (Å²) < 4.78 is 20.0. The Balaban J connectivity index is 2.96. The lowest BCUT2D eigenvalue weighted by Crippen LogP contribution is -2.15. The number of ether oxygens (including phenoxy) is 4. The fourth-order valence-electron chi connectivity index (χ4n) is 2.70. The van der Waals surface area contributed by atoms with Crippen LogP contribution in [-0.2, 0) is 9.47 Å². The molecule has 2 aromatic carbocycles. The SMILES string of the molecule is COC(=O)c1c(O)c(C)c(Cl)c(-c2ccc(OC)c(OC)c2)c1C(=O)OC. The molecular formula is C19H19ClO7. The summed E-state index contributed by atoms with van der Waals surface area (Å²) in [7, 11) is 5.26. The summed E-state index contributed by atoms with van der Waals surface area (Å²) in [6.07, 6.45) is 0. The van der Waals surface area contributed by atoms with Crippen LogP contribution in [0.1, 0.15) is 26.3 Å². The third-order valence-electron chi connectivity index (χ3n) is 4.09. The number of phenols is 1. The van der Waals surface area contributed by atoms with Gasteiger partial charge < -0.3 is 24.1 Å². The van der Waals surface area contributed by atoms with Gasteiger partial charge in [0.15, 0.2) is 11.5 Å². The number of benzene rings is 2. The molecule has 0 atom stereocenters. The van der Waals surface area contributed by atoms with Crippen molar-refractivity contribution in [2.75, 3.05) is 28.4 Å². The Hall–Kier alpha value is -2.93. The fraction of sp³-hybridized carbons (Fsp3) is 0.263. The Morgan fingerprint density at radius 2 is 1.48 bits per heavy atom. The molecule has 0 aliphatic carbocycles. The number of hydrogen-bond donors (Lipinski definition) is 1. The molecule has 0 saturated carbocycles. The maximum atomic E-state index is 12.5. The largest absolute Gasteiger partial charge is 0.507 e. The summed E-state index contributed by atoms with van der Waals surface area (Å²) >= 11 is 6.44. The van der Waals surface area contributed by atoms with E-state index in [1.165, 1.54) is 21.1 Å². The smallest absolute Gasteiger partial charge is 0.342 e. The van der Waals surface area contributed by atoms with Gasteiger partial charge in [-0.1, -0.05) is 17.7 Å². The lowest BCUT2D eigenvalue weighted by Gasteiger charge is -2.19. The van der Waals surface area contributed by atoms with E-state index in [-0.39, 0.29) is 27.3 Å². The number of aromatic hydroxyl groups is 1. The van der Waals surface area contributed by atoms with E-state index in [0.29, 0.717) is 17.1 Å². The van der Waals surface area contributed by atoms with Crippen LogP contribution in [0.3, 0.4) is 0 Å². The van der Waals surface area contributed by atoms with E-state index < -0.39 is 17.7 Å². The van der Waals surface area contributed by atoms with Gasteiger partial charge >= 0.3 is 11.9 Å². The second-order valence-electron chi connectivity index (χ2n) is 5.47. The number of carbonyl (C=O) groups excluding carboxylic acids is 2. The van der Waals surface area contributed by atoms with E-state index in [9.17, 15) is 14.7 Å². The average molecular weight is 395 g/mol. The minimum absolute atomic E-state index is 0.0905. The van der Waals surface area contributed by atoms with Crippen molar-refractivity contribution < 1.29 is 33.6 Å². The van der Waals surface area contributed by atoms with Crippen LogP contribution in [-0.4, -0.2) is 45.5 Å². The van der Waals surface area contributed by atoms with E-state index in [1.807, 2.05) is 0 Å². The molecule has 0 unspecified atom stereocenters. The molecule has 0 heterocycles. The number of halogens is 1. The van der Waals surface area contributed by atoms with E-state index >= 15 is 0 Å². The maximum absolute atomic E-state index is 12.5. The highest BCUT2D eigenvalue weighted by Crippen LogP contribution is 2.44. The highest BCUT2D eigenvalue weighted by molar-refractivity contribution is 6.36. The molecule has 0 aliphatic heterocycles. The number of hydrogen-bond acceptors (Lipinski definition) is 7. The quantitative estimate of drug-likeness (QED) is 0.774. The molecule has 27 heavy (non-hydrogen) atoms. The molecule has 0 saturated heterocycles. The van der Waals surface area contributed by atoms with Crippen LogP contribution in [0.5, 0.6) is 17.2 Å². The van der Waals surface area contributed by atoms with Crippen molar-refractivity contribution in [1.29, 1.82) is 0 Å². The number of phenolic OH excluding ortho intramolecular Hbond substituents is 1. The zero-order valence-electron chi connectivity index (χ0n) is 15.5. The molecule has 7 nitrogen and oxygen atoms in total. The van der Waals surface area contributed by atoms with Crippen LogP contribution in [0.2, 0.25) is 5.02 Å². The first kappa shape index (κ1) is 20.4. The minimum Gasteiger partial charge on any atom is -0.507 e. The molecule has 0 amide bonds. The van der Waals surface area contributed by atoms with Crippen LogP contribution in [0.25, 0.3) is 11.1 Å². The van der Waals surface area contributed by atoms with Crippen molar-refractivity contribution in [2.45, 2.75) is 6.92 Å². The van der Waals surface area contributed by atoms with Crippen LogP contribution in [0.4, 0.5) is 0 Å². The van der Waals surface area contributed by atoms with Gasteiger partial charge in [-0.05, 0) is 24.6 Å². The summed E-state index contributed by atoms with van der Waals surface area (Å²) in [6.45, 7) is 1.52. The second kappa shape index (κ2) is 8.18. The Labute approximate surface area is 161 Å². The van der Waals surface area contributed by atoms with Crippen molar-refractivity contribution in [2.24, 2.45) is 0 Å².